The van der Waals surface area contributed by atoms with Gasteiger partial charge in [-0.15, -0.1) is 0 Å². The number of carbonyl (C=O) groups excluding carboxylic acids is 2. The Balaban J connectivity index is 1.32. The summed E-state index contributed by atoms with van der Waals surface area (Å²) in [5.74, 6) is 0.570. The zero-order chi connectivity index (χ0) is 22.8. The van der Waals surface area contributed by atoms with Crippen LogP contribution in [-0.2, 0) is 4.79 Å². The molecule has 5 rings (SSSR count). The van der Waals surface area contributed by atoms with E-state index < -0.39 is 0 Å². The van der Waals surface area contributed by atoms with Gasteiger partial charge in [-0.2, -0.15) is 0 Å². The quantitative estimate of drug-likeness (QED) is 0.626. The molecule has 168 valence electrons. The predicted octanol–water partition coefficient (Wildman–Crippen LogP) is 4.84. The van der Waals surface area contributed by atoms with Crippen LogP contribution < -0.4 is 10.1 Å². The second kappa shape index (κ2) is 9.06. The van der Waals surface area contributed by atoms with Crippen molar-refractivity contribution < 1.29 is 18.7 Å². The Labute approximate surface area is 192 Å². The Morgan fingerprint density at radius 2 is 1.67 bits per heavy atom. The molecule has 0 spiro atoms. The summed E-state index contributed by atoms with van der Waals surface area (Å²) in [6.07, 6.45) is 1.71. The fraction of sp³-hybridized carbons (Fsp3) is 0.259. The van der Waals surface area contributed by atoms with E-state index in [0.29, 0.717) is 36.0 Å². The third-order valence-corrected chi connectivity index (χ3v) is 6.55. The fourth-order valence-electron chi connectivity index (χ4n) is 4.90. The van der Waals surface area contributed by atoms with E-state index in [1.54, 1.807) is 18.2 Å². The number of amides is 2. The van der Waals surface area contributed by atoms with Gasteiger partial charge in [-0.3, -0.25) is 9.59 Å². The van der Waals surface area contributed by atoms with Gasteiger partial charge in [0, 0.05) is 24.6 Å². The van der Waals surface area contributed by atoms with E-state index in [9.17, 15) is 14.0 Å². The Kier molecular flexibility index (Phi) is 5.82. The maximum absolute atomic E-state index is 13.5. The molecule has 2 aliphatic heterocycles. The number of rotatable bonds is 4. The number of hydrogen-bond acceptors (Lipinski definition) is 3. The lowest BCUT2D eigenvalue weighted by Gasteiger charge is -2.37. The molecule has 2 amide bonds. The van der Waals surface area contributed by atoms with Crippen molar-refractivity contribution in [3.05, 3.63) is 95.3 Å². The van der Waals surface area contributed by atoms with Crippen LogP contribution in [0.3, 0.4) is 0 Å². The molecule has 3 aromatic carbocycles. The normalized spacial score (nSPS) is 17.0. The van der Waals surface area contributed by atoms with Gasteiger partial charge < -0.3 is 15.0 Å². The van der Waals surface area contributed by atoms with Crippen LogP contribution in [-0.4, -0.2) is 36.4 Å². The summed E-state index contributed by atoms with van der Waals surface area (Å²) in [6, 6.07) is 22.2. The van der Waals surface area contributed by atoms with E-state index in [1.165, 1.54) is 17.7 Å². The molecule has 0 aliphatic carbocycles. The lowest BCUT2D eigenvalue weighted by atomic mass is 9.76. The van der Waals surface area contributed by atoms with E-state index in [2.05, 4.69) is 17.4 Å². The first kappa shape index (κ1) is 21.2. The molecule has 1 atom stereocenters. The Morgan fingerprint density at radius 3 is 2.39 bits per heavy atom. The number of likely N-dealkylation sites (tertiary alicyclic amines) is 1. The molecule has 1 fully saturated rings. The van der Waals surface area contributed by atoms with E-state index in [0.717, 1.165) is 18.4 Å². The molecule has 0 saturated carbocycles. The summed E-state index contributed by atoms with van der Waals surface area (Å²) in [7, 11) is 0. The summed E-state index contributed by atoms with van der Waals surface area (Å²) in [5.41, 5.74) is 3.38. The van der Waals surface area contributed by atoms with Crippen LogP contribution >= 0.6 is 0 Å². The van der Waals surface area contributed by atoms with Gasteiger partial charge in [0.05, 0.1) is 5.69 Å². The number of anilines is 1. The first-order valence-electron chi connectivity index (χ1n) is 11.2. The number of fused-ring (bicyclic) bond motifs is 1. The van der Waals surface area contributed by atoms with Gasteiger partial charge in [0.25, 0.3) is 11.8 Å². The molecule has 33 heavy (non-hydrogen) atoms. The lowest BCUT2D eigenvalue weighted by molar-refractivity contribution is -0.118. The van der Waals surface area contributed by atoms with Gasteiger partial charge in [-0.1, -0.05) is 42.5 Å². The standard InChI is InChI=1S/C27H25FN2O3/c28-22-9-6-19(7-10-22)26(18-4-2-1-3-5-18)20-12-14-30(15-13-20)27(32)21-8-11-24-23(16-21)29-25(31)17-33-24/h1-11,16,20,26H,12-15,17H2,(H,29,31)/t26-/m1/s1. The van der Waals surface area contributed by atoms with Crippen molar-refractivity contribution in [2.24, 2.45) is 5.92 Å². The van der Waals surface area contributed by atoms with Gasteiger partial charge >= 0.3 is 0 Å². The minimum atomic E-state index is -0.238. The van der Waals surface area contributed by atoms with E-state index in [4.69, 9.17) is 4.74 Å². The highest BCUT2D eigenvalue weighted by Crippen LogP contribution is 2.38. The van der Waals surface area contributed by atoms with Crippen molar-refractivity contribution >= 4 is 17.5 Å². The molecule has 0 radical (unpaired) electrons. The molecular weight excluding hydrogens is 419 g/mol. The summed E-state index contributed by atoms with van der Waals surface area (Å²) in [4.78, 5) is 26.6. The number of hydrogen-bond donors (Lipinski definition) is 1. The maximum atomic E-state index is 13.5. The summed E-state index contributed by atoms with van der Waals surface area (Å²) >= 11 is 0. The van der Waals surface area contributed by atoms with Crippen molar-refractivity contribution in [2.75, 3.05) is 25.0 Å². The number of benzene rings is 3. The highest BCUT2D eigenvalue weighted by Gasteiger charge is 2.31. The Morgan fingerprint density at radius 1 is 0.970 bits per heavy atom. The molecular formula is C27H25FN2O3. The molecule has 2 aliphatic rings. The Bertz CT molecular complexity index is 1160. The SMILES string of the molecule is O=C1COc2ccc(C(=O)N3CCC([C@H](c4ccccc4)c4ccc(F)cc4)CC3)cc2N1. The molecule has 5 nitrogen and oxygen atoms in total. The molecule has 2 heterocycles. The predicted molar refractivity (Wildman–Crippen MR) is 124 cm³/mol. The van der Waals surface area contributed by atoms with Crippen molar-refractivity contribution in [3.63, 3.8) is 0 Å². The van der Waals surface area contributed by atoms with Crippen LogP contribution in [0.4, 0.5) is 10.1 Å². The van der Waals surface area contributed by atoms with Gasteiger partial charge in [0.1, 0.15) is 11.6 Å². The summed E-state index contributed by atoms with van der Waals surface area (Å²) < 4.78 is 18.9. The molecule has 1 N–H and O–H groups in total. The largest absolute Gasteiger partial charge is 0.482 e. The first-order valence-corrected chi connectivity index (χ1v) is 11.2. The monoisotopic (exact) mass is 444 g/mol. The third-order valence-electron chi connectivity index (χ3n) is 6.55. The smallest absolute Gasteiger partial charge is 0.262 e. The number of carbonyl (C=O) groups is 2. The number of piperidine rings is 1. The second-order valence-corrected chi connectivity index (χ2v) is 8.62. The van der Waals surface area contributed by atoms with Crippen molar-refractivity contribution in [1.29, 1.82) is 0 Å². The van der Waals surface area contributed by atoms with Crippen molar-refractivity contribution in [3.8, 4) is 5.75 Å². The highest BCUT2D eigenvalue weighted by molar-refractivity contribution is 5.99. The van der Waals surface area contributed by atoms with Gasteiger partial charge in [-0.25, -0.2) is 4.39 Å². The minimum Gasteiger partial charge on any atom is -0.482 e. The van der Waals surface area contributed by atoms with Gasteiger partial charge in [0.2, 0.25) is 0 Å². The average molecular weight is 445 g/mol. The number of nitrogens with zero attached hydrogens (tertiary/aromatic N) is 1. The van der Waals surface area contributed by atoms with Crippen molar-refractivity contribution in [2.45, 2.75) is 18.8 Å². The molecule has 0 aromatic heterocycles. The van der Waals surface area contributed by atoms with Crippen LogP contribution in [0.5, 0.6) is 5.75 Å². The number of ether oxygens (including phenoxy) is 1. The van der Waals surface area contributed by atoms with E-state index in [1.807, 2.05) is 35.2 Å². The topological polar surface area (TPSA) is 58.6 Å². The van der Waals surface area contributed by atoms with Crippen LogP contribution in [0.2, 0.25) is 0 Å². The molecule has 0 bridgehead atoms. The molecule has 6 heteroatoms. The molecule has 1 saturated heterocycles. The maximum Gasteiger partial charge on any atom is 0.262 e. The summed E-state index contributed by atoms with van der Waals surface area (Å²) in [6.45, 7) is 1.28. The van der Waals surface area contributed by atoms with E-state index in [-0.39, 0.29) is 30.2 Å². The van der Waals surface area contributed by atoms with Crippen LogP contribution in [0.25, 0.3) is 0 Å². The third kappa shape index (κ3) is 4.46. The van der Waals surface area contributed by atoms with Crippen LogP contribution in [0, 0.1) is 11.7 Å². The second-order valence-electron chi connectivity index (χ2n) is 8.62. The Hall–Kier alpha value is -3.67. The minimum absolute atomic E-state index is 0.00948. The molecule has 0 unspecified atom stereocenters. The highest BCUT2D eigenvalue weighted by atomic mass is 19.1. The van der Waals surface area contributed by atoms with Gasteiger partial charge in [-0.05, 0) is 60.2 Å². The number of nitrogens with one attached hydrogen (secondary N) is 1. The van der Waals surface area contributed by atoms with Crippen LogP contribution in [0.15, 0.2) is 72.8 Å². The summed E-state index contributed by atoms with van der Waals surface area (Å²) in [5, 5.41) is 2.76. The number of halogens is 1. The van der Waals surface area contributed by atoms with Gasteiger partial charge in [0.15, 0.2) is 6.61 Å². The average Bonchev–Trinajstić information content (AvgIpc) is 2.85. The zero-order valence-electron chi connectivity index (χ0n) is 18.2. The fourth-order valence-corrected chi connectivity index (χ4v) is 4.90. The van der Waals surface area contributed by atoms with Crippen LogP contribution in [0.1, 0.15) is 40.2 Å². The van der Waals surface area contributed by atoms with E-state index >= 15 is 0 Å². The molecule has 3 aromatic rings. The zero-order valence-corrected chi connectivity index (χ0v) is 18.2. The van der Waals surface area contributed by atoms with Crippen molar-refractivity contribution in [1.82, 2.24) is 4.90 Å². The lowest BCUT2D eigenvalue weighted by Crippen LogP contribution is -2.40. The first-order chi connectivity index (χ1) is 16.1.